The number of benzene rings is 1. The molecule has 2 nitrogen and oxygen atoms in total. The lowest BCUT2D eigenvalue weighted by Crippen LogP contribution is -1.93. The Morgan fingerprint density at radius 3 is 3.15 bits per heavy atom. The van der Waals surface area contributed by atoms with Crippen molar-refractivity contribution in [2.75, 3.05) is 0 Å². The van der Waals surface area contributed by atoms with Crippen LogP contribution < -0.4 is 0 Å². The number of thiocarbonyl (C=S) groups is 1. The maximum absolute atomic E-state index is 12.8. The summed E-state index contributed by atoms with van der Waals surface area (Å²) in [4.78, 5) is 7.88. The summed E-state index contributed by atoms with van der Waals surface area (Å²) in [7, 11) is 0. The molecular weight excluding hydrogens is 187 g/mol. The molecule has 2 rings (SSSR count). The molecule has 4 heteroatoms. The van der Waals surface area contributed by atoms with E-state index in [-0.39, 0.29) is 5.82 Å². The number of halogens is 1. The first-order chi connectivity index (χ1) is 6.31. The maximum atomic E-state index is 12.8. The van der Waals surface area contributed by atoms with Gasteiger partial charge in [-0.15, -0.1) is 0 Å². The lowest BCUT2D eigenvalue weighted by atomic mass is 10.1. The zero-order valence-electron chi connectivity index (χ0n) is 6.62. The van der Waals surface area contributed by atoms with Crippen LogP contribution in [0.1, 0.15) is 11.1 Å². The molecule has 1 heterocycles. The van der Waals surface area contributed by atoms with Crippen LogP contribution >= 0.6 is 12.2 Å². The first kappa shape index (κ1) is 8.23. The minimum Gasteiger partial charge on any atom is -0.261 e. The number of nitrogens with zero attached hydrogens (tertiary/aromatic N) is 2. The van der Waals surface area contributed by atoms with E-state index in [1.54, 1.807) is 6.07 Å². The fourth-order valence-corrected chi connectivity index (χ4v) is 1.38. The summed E-state index contributed by atoms with van der Waals surface area (Å²) in [6.45, 7) is 0.475. The third-order valence-electron chi connectivity index (χ3n) is 1.86. The van der Waals surface area contributed by atoms with Gasteiger partial charge in [0.25, 0.3) is 0 Å². The predicted octanol–water partition coefficient (Wildman–Crippen LogP) is 2.19. The minimum absolute atomic E-state index is 0.249. The Hall–Kier alpha value is -1.38. The molecule has 0 N–H and O–H groups in total. The van der Waals surface area contributed by atoms with Crippen LogP contribution in [0.15, 0.2) is 28.2 Å². The van der Waals surface area contributed by atoms with E-state index in [0.717, 1.165) is 11.1 Å². The normalized spacial score (nSPS) is 13.2. The van der Waals surface area contributed by atoms with Crippen molar-refractivity contribution in [2.45, 2.75) is 6.54 Å². The van der Waals surface area contributed by atoms with Crippen LogP contribution in [0.4, 0.5) is 4.39 Å². The second-order valence-corrected chi connectivity index (χ2v) is 2.83. The van der Waals surface area contributed by atoms with Gasteiger partial charge in [0.15, 0.2) is 5.84 Å². The van der Waals surface area contributed by atoms with Crippen molar-refractivity contribution in [3.8, 4) is 0 Å². The largest absolute Gasteiger partial charge is 0.261 e. The van der Waals surface area contributed by atoms with Gasteiger partial charge in [-0.25, -0.2) is 4.39 Å². The summed E-state index contributed by atoms with van der Waals surface area (Å²) in [5.41, 5.74) is 1.70. The molecule has 0 spiro atoms. The number of fused-ring (bicyclic) bond motifs is 1. The molecule has 1 aromatic rings. The lowest BCUT2D eigenvalue weighted by Gasteiger charge is -1.96. The van der Waals surface area contributed by atoms with Crippen molar-refractivity contribution < 1.29 is 4.39 Å². The van der Waals surface area contributed by atoms with E-state index in [0.29, 0.717) is 12.4 Å². The number of isothiocyanates is 1. The van der Waals surface area contributed by atoms with Gasteiger partial charge in [-0.3, -0.25) is 4.99 Å². The van der Waals surface area contributed by atoms with Crippen LogP contribution in [0.25, 0.3) is 0 Å². The first-order valence-electron chi connectivity index (χ1n) is 3.72. The molecule has 1 aromatic carbocycles. The Labute approximate surface area is 79.8 Å². The van der Waals surface area contributed by atoms with E-state index < -0.39 is 0 Å². The Morgan fingerprint density at radius 1 is 1.54 bits per heavy atom. The Morgan fingerprint density at radius 2 is 2.38 bits per heavy atom. The van der Waals surface area contributed by atoms with Crippen LogP contribution in [0, 0.1) is 5.82 Å². The summed E-state index contributed by atoms with van der Waals surface area (Å²) in [6, 6.07) is 4.51. The molecule has 0 radical (unpaired) electrons. The number of amidine groups is 1. The third-order valence-corrected chi connectivity index (χ3v) is 1.95. The highest BCUT2D eigenvalue weighted by atomic mass is 32.1. The minimum atomic E-state index is -0.249. The third kappa shape index (κ3) is 1.41. The van der Waals surface area contributed by atoms with E-state index in [9.17, 15) is 4.39 Å². The zero-order chi connectivity index (χ0) is 9.26. The fraction of sp³-hybridized carbons (Fsp3) is 0.111. The van der Waals surface area contributed by atoms with E-state index in [4.69, 9.17) is 0 Å². The van der Waals surface area contributed by atoms with E-state index in [1.165, 1.54) is 12.1 Å². The van der Waals surface area contributed by atoms with Crippen LogP contribution in [-0.2, 0) is 6.54 Å². The van der Waals surface area contributed by atoms with Crippen molar-refractivity contribution in [3.05, 3.63) is 35.1 Å². The van der Waals surface area contributed by atoms with Gasteiger partial charge in [0.05, 0.1) is 11.7 Å². The molecule has 0 fully saturated rings. The first-order valence-corrected chi connectivity index (χ1v) is 4.13. The highest BCUT2D eigenvalue weighted by Gasteiger charge is 2.14. The second kappa shape index (κ2) is 3.17. The molecule has 1 aliphatic heterocycles. The lowest BCUT2D eigenvalue weighted by molar-refractivity contribution is 0.626. The van der Waals surface area contributed by atoms with E-state index in [2.05, 4.69) is 27.4 Å². The molecule has 0 atom stereocenters. The predicted molar refractivity (Wildman–Crippen MR) is 51.7 cm³/mol. The summed E-state index contributed by atoms with van der Waals surface area (Å²) in [6.07, 6.45) is 0. The van der Waals surface area contributed by atoms with Crippen LogP contribution in [0.2, 0.25) is 0 Å². The number of hydrogen-bond donors (Lipinski definition) is 0. The fourth-order valence-electron chi connectivity index (χ4n) is 1.30. The highest BCUT2D eigenvalue weighted by molar-refractivity contribution is 7.78. The van der Waals surface area contributed by atoms with Gasteiger partial charge in [0.2, 0.25) is 0 Å². The molecule has 64 valence electrons. The number of rotatable bonds is 0. The SMILES string of the molecule is Fc1ccc2c(c1)CN=C2N=C=S. The number of aliphatic imine (C=N–C) groups is 2. The van der Waals surface area contributed by atoms with Gasteiger partial charge in [0.1, 0.15) is 5.82 Å². The van der Waals surface area contributed by atoms with Crippen LogP contribution in [0.3, 0.4) is 0 Å². The van der Waals surface area contributed by atoms with Gasteiger partial charge in [-0.2, -0.15) is 4.99 Å². The summed E-state index contributed by atoms with van der Waals surface area (Å²) >= 11 is 4.47. The van der Waals surface area contributed by atoms with Crippen molar-refractivity contribution in [3.63, 3.8) is 0 Å². The standard InChI is InChI=1S/C9H5FN2S/c10-7-1-2-8-6(3-7)4-11-9(8)12-5-13/h1-3H,4H2. The molecule has 0 unspecified atom stereocenters. The van der Waals surface area contributed by atoms with Crippen molar-refractivity contribution >= 4 is 23.2 Å². The molecule has 1 aliphatic rings. The van der Waals surface area contributed by atoms with Gasteiger partial charge in [0, 0.05) is 5.56 Å². The molecule has 0 saturated heterocycles. The average molecular weight is 192 g/mol. The van der Waals surface area contributed by atoms with Gasteiger partial charge in [-0.05, 0) is 36.0 Å². The van der Waals surface area contributed by atoms with Crippen molar-refractivity contribution in [1.29, 1.82) is 0 Å². The Bertz CT molecular complexity index is 433. The smallest absolute Gasteiger partial charge is 0.165 e. The molecule has 0 amide bonds. The highest BCUT2D eigenvalue weighted by Crippen LogP contribution is 2.20. The van der Waals surface area contributed by atoms with Crippen molar-refractivity contribution in [1.82, 2.24) is 0 Å². The van der Waals surface area contributed by atoms with Crippen LogP contribution in [0.5, 0.6) is 0 Å². The Kier molecular flexibility index (Phi) is 2.00. The van der Waals surface area contributed by atoms with Crippen LogP contribution in [-0.4, -0.2) is 11.0 Å². The average Bonchev–Trinajstić information content (AvgIpc) is 2.49. The summed E-state index contributed by atoms with van der Waals surface area (Å²) in [5.74, 6) is 0.298. The van der Waals surface area contributed by atoms with Gasteiger partial charge < -0.3 is 0 Å². The number of hydrogen-bond acceptors (Lipinski definition) is 3. The molecule has 0 saturated carbocycles. The quantitative estimate of drug-likeness (QED) is 0.457. The summed E-state index contributed by atoms with van der Waals surface area (Å²) < 4.78 is 12.8. The molecular formula is C9H5FN2S. The van der Waals surface area contributed by atoms with Crippen molar-refractivity contribution in [2.24, 2.45) is 9.98 Å². The second-order valence-electron chi connectivity index (χ2n) is 2.64. The van der Waals surface area contributed by atoms with Gasteiger partial charge >= 0.3 is 0 Å². The molecule has 0 bridgehead atoms. The topological polar surface area (TPSA) is 24.7 Å². The molecule has 0 aromatic heterocycles. The molecule has 0 aliphatic carbocycles. The van der Waals surface area contributed by atoms with E-state index >= 15 is 0 Å². The summed E-state index contributed by atoms with van der Waals surface area (Å²) in [5, 5.41) is 2.25. The van der Waals surface area contributed by atoms with E-state index in [1.807, 2.05) is 0 Å². The Balaban J connectivity index is 2.50. The monoisotopic (exact) mass is 192 g/mol. The maximum Gasteiger partial charge on any atom is 0.165 e. The molecule has 13 heavy (non-hydrogen) atoms. The van der Waals surface area contributed by atoms with Gasteiger partial charge in [-0.1, -0.05) is 0 Å². The zero-order valence-corrected chi connectivity index (χ0v) is 7.44.